The number of β-amino-alcohol motifs (C(OH)–C–C–N with tert-alkyl or cyclic N) is 1. The molecular formula is C23H29F3N6O3. The van der Waals surface area contributed by atoms with E-state index in [-0.39, 0.29) is 23.6 Å². The Balaban J connectivity index is 1.82. The van der Waals surface area contributed by atoms with Crippen molar-refractivity contribution >= 4 is 23.7 Å². The van der Waals surface area contributed by atoms with Crippen LogP contribution < -0.4 is 10.6 Å². The van der Waals surface area contributed by atoms with Crippen LogP contribution in [-0.2, 0) is 10.9 Å². The molecule has 2 aliphatic rings. The first kappa shape index (κ1) is 26.3. The first-order valence-corrected chi connectivity index (χ1v) is 11.2. The van der Waals surface area contributed by atoms with E-state index in [1.54, 1.807) is 31.7 Å². The number of alkyl halides is 3. The molecular weight excluding hydrogens is 465 g/mol. The molecule has 0 aromatic carbocycles. The van der Waals surface area contributed by atoms with Gasteiger partial charge in [-0.25, -0.2) is 9.78 Å². The van der Waals surface area contributed by atoms with Crippen LogP contribution in [0.2, 0.25) is 0 Å². The predicted molar refractivity (Wildman–Crippen MR) is 124 cm³/mol. The Labute approximate surface area is 201 Å². The van der Waals surface area contributed by atoms with Gasteiger partial charge in [0.05, 0.1) is 29.9 Å². The minimum Gasteiger partial charge on any atom is -0.444 e. The molecule has 9 nitrogen and oxygen atoms in total. The maximum Gasteiger partial charge on any atom is 0.417 e. The number of allylic oxidation sites excluding steroid dienone is 1. The second kappa shape index (κ2) is 10.1. The average molecular weight is 495 g/mol. The van der Waals surface area contributed by atoms with Crippen molar-refractivity contribution < 1.29 is 27.8 Å². The van der Waals surface area contributed by atoms with Crippen LogP contribution >= 0.6 is 0 Å². The number of aliphatic imine (C=N–C) groups is 1. The molecule has 3 heterocycles. The van der Waals surface area contributed by atoms with Crippen LogP contribution in [0.4, 0.5) is 23.8 Å². The van der Waals surface area contributed by atoms with Crippen molar-refractivity contribution in [3.05, 3.63) is 29.1 Å². The Morgan fingerprint density at radius 2 is 2.03 bits per heavy atom. The molecule has 2 aliphatic heterocycles. The normalized spacial score (nSPS) is 21.6. The van der Waals surface area contributed by atoms with Gasteiger partial charge >= 0.3 is 12.3 Å². The summed E-state index contributed by atoms with van der Waals surface area (Å²) >= 11 is 0. The number of anilines is 1. The quantitative estimate of drug-likeness (QED) is 0.616. The number of halogens is 3. The van der Waals surface area contributed by atoms with E-state index in [9.17, 15) is 28.3 Å². The Kier molecular flexibility index (Phi) is 7.59. The SMILES string of the molecule is CC(C)(C)OC(=O)N1CCC(N=CC(=CN)c2cc(C(F)(F)F)c(C#N)c(N3CCC3)n2)C(O)C1. The highest BCUT2D eigenvalue weighted by Crippen LogP contribution is 2.37. The summed E-state index contributed by atoms with van der Waals surface area (Å²) in [5.74, 6) is -0.0398. The zero-order valence-corrected chi connectivity index (χ0v) is 19.8. The first-order chi connectivity index (χ1) is 16.3. The monoisotopic (exact) mass is 494 g/mol. The van der Waals surface area contributed by atoms with Gasteiger partial charge < -0.3 is 25.4 Å². The lowest BCUT2D eigenvalue weighted by atomic mass is 10.0. The Morgan fingerprint density at radius 3 is 2.51 bits per heavy atom. The van der Waals surface area contributed by atoms with E-state index in [2.05, 4.69) is 9.98 Å². The van der Waals surface area contributed by atoms with E-state index in [0.29, 0.717) is 26.1 Å². The molecule has 0 radical (unpaired) electrons. The fraction of sp³-hybridized carbons (Fsp3) is 0.565. The Bertz CT molecular complexity index is 1050. The molecule has 3 N–H and O–H groups in total. The summed E-state index contributed by atoms with van der Waals surface area (Å²) in [5.41, 5.74) is 3.44. The van der Waals surface area contributed by atoms with E-state index in [1.165, 1.54) is 11.1 Å². The molecule has 2 fully saturated rings. The molecule has 1 aromatic heterocycles. The highest BCUT2D eigenvalue weighted by Gasteiger charge is 2.38. The highest BCUT2D eigenvalue weighted by atomic mass is 19.4. The number of hydrogen-bond acceptors (Lipinski definition) is 8. The predicted octanol–water partition coefficient (Wildman–Crippen LogP) is 2.92. The van der Waals surface area contributed by atoms with Gasteiger partial charge in [0, 0.05) is 37.6 Å². The van der Waals surface area contributed by atoms with Crippen molar-refractivity contribution in [2.75, 3.05) is 31.1 Å². The molecule has 2 atom stereocenters. The van der Waals surface area contributed by atoms with Crippen LogP contribution in [0.3, 0.4) is 0 Å². The van der Waals surface area contributed by atoms with Crippen molar-refractivity contribution in [2.24, 2.45) is 10.7 Å². The number of aliphatic hydroxyl groups is 1. The van der Waals surface area contributed by atoms with Crippen molar-refractivity contribution in [2.45, 2.75) is 57.5 Å². The van der Waals surface area contributed by atoms with Gasteiger partial charge in [-0.15, -0.1) is 0 Å². The summed E-state index contributed by atoms with van der Waals surface area (Å²) < 4.78 is 46.5. The topological polar surface area (TPSA) is 128 Å². The third-order valence-corrected chi connectivity index (χ3v) is 5.65. The third kappa shape index (κ3) is 6.22. The largest absolute Gasteiger partial charge is 0.444 e. The van der Waals surface area contributed by atoms with Crippen LogP contribution in [-0.4, -0.2) is 71.2 Å². The number of rotatable bonds is 4. The van der Waals surface area contributed by atoms with Crippen LogP contribution in [0, 0.1) is 11.3 Å². The van der Waals surface area contributed by atoms with Gasteiger partial charge in [0.15, 0.2) is 0 Å². The number of ether oxygens (including phenoxy) is 1. The second-order valence-corrected chi connectivity index (χ2v) is 9.45. The number of aromatic nitrogens is 1. The minimum absolute atomic E-state index is 0.00500. The van der Waals surface area contributed by atoms with Crippen molar-refractivity contribution in [1.29, 1.82) is 5.26 Å². The fourth-order valence-corrected chi connectivity index (χ4v) is 3.73. The number of likely N-dealkylation sites (tertiary alicyclic amines) is 1. The maximum absolute atomic E-state index is 13.7. The third-order valence-electron chi connectivity index (χ3n) is 5.65. The molecule has 2 unspecified atom stereocenters. The number of carbonyl (C=O) groups is 1. The number of hydrogen-bond donors (Lipinski definition) is 2. The smallest absolute Gasteiger partial charge is 0.417 e. The van der Waals surface area contributed by atoms with Gasteiger partial charge in [0.2, 0.25) is 0 Å². The number of aliphatic hydroxyl groups excluding tert-OH is 1. The number of amides is 1. The van der Waals surface area contributed by atoms with Crippen LogP contribution in [0.15, 0.2) is 17.3 Å². The zero-order valence-electron chi connectivity index (χ0n) is 19.8. The maximum atomic E-state index is 13.7. The number of carbonyl (C=O) groups excluding carboxylic acids is 1. The molecule has 35 heavy (non-hydrogen) atoms. The van der Waals surface area contributed by atoms with E-state index < -0.39 is 41.1 Å². The van der Waals surface area contributed by atoms with Crippen molar-refractivity contribution in [3.63, 3.8) is 0 Å². The second-order valence-electron chi connectivity index (χ2n) is 9.45. The first-order valence-electron chi connectivity index (χ1n) is 11.2. The van der Waals surface area contributed by atoms with Gasteiger partial charge in [-0.2, -0.15) is 18.4 Å². The molecule has 0 spiro atoms. The number of nitriles is 1. The number of piperidine rings is 1. The lowest BCUT2D eigenvalue weighted by Crippen LogP contribution is -2.49. The zero-order chi connectivity index (χ0) is 26.0. The molecule has 3 rings (SSSR count). The Hall–Kier alpha value is -3.33. The van der Waals surface area contributed by atoms with E-state index in [0.717, 1.165) is 18.7 Å². The Morgan fingerprint density at radius 1 is 1.34 bits per heavy atom. The fourth-order valence-electron chi connectivity index (χ4n) is 3.73. The van der Waals surface area contributed by atoms with Crippen LogP contribution in [0.5, 0.6) is 0 Å². The standard InChI is InChI=1S/C23H29F3N6O3/c1-22(2,3)35-21(34)32-8-5-17(19(33)13-32)29-12-14(10-27)18-9-16(23(24,25)26)15(11-28)20(30-18)31-6-4-7-31/h9-10,12,17,19,33H,4-8,13,27H2,1-3H3. The molecule has 0 aliphatic carbocycles. The van der Waals surface area contributed by atoms with E-state index >= 15 is 0 Å². The number of nitrogens with zero attached hydrogens (tertiary/aromatic N) is 5. The molecule has 1 aromatic rings. The number of nitrogens with two attached hydrogens (primary N) is 1. The summed E-state index contributed by atoms with van der Waals surface area (Å²) in [7, 11) is 0. The summed E-state index contributed by atoms with van der Waals surface area (Å²) in [5, 5.41) is 19.9. The van der Waals surface area contributed by atoms with Crippen molar-refractivity contribution in [1.82, 2.24) is 9.88 Å². The van der Waals surface area contributed by atoms with Gasteiger partial charge in [-0.3, -0.25) is 4.99 Å². The highest BCUT2D eigenvalue weighted by molar-refractivity contribution is 6.09. The summed E-state index contributed by atoms with van der Waals surface area (Å²) in [6, 6.07) is 1.82. The molecule has 190 valence electrons. The minimum atomic E-state index is -4.76. The van der Waals surface area contributed by atoms with Gasteiger partial charge in [-0.05, 0) is 39.7 Å². The molecule has 0 saturated carbocycles. The van der Waals surface area contributed by atoms with Crippen LogP contribution in [0.25, 0.3) is 5.57 Å². The van der Waals surface area contributed by atoms with Gasteiger partial charge in [-0.1, -0.05) is 0 Å². The van der Waals surface area contributed by atoms with Gasteiger partial charge in [0.25, 0.3) is 0 Å². The van der Waals surface area contributed by atoms with Crippen LogP contribution in [0.1, 0.15) is 50.4 Å². The summed E-state index contributed by atoms with van der Waals surface area (Å²) in [4.78, 5) is 23.9. The lowest BCUT2D eigenvalue weighted by molar-refractivity contribution is -0.137. The molecule has 0 bridgehead atoms. The number of pyridine rings is 1. The molecule has 12 heteroatoms. The average Bonchev–Trinajstić information content (AvgIpc) is 2.71. The molecule has 1 amide bonds. The summed E-state index contributed by atoms with van der Waals surface area (Å²) in [6.45, 7) is 6.53. The van der Waals surface area contributed by atoms with E-state index in [4.69, 9.17) is 10.5 Å². The van der Waals surface area contributed by atoms with Crippen molar-refractivity contribution in [3.8, 4) is 6.07 Å². The lowest BCUT2D eigenvalue weighted by Gasteiger charge is -2.35. The van der Waals surface area contributed by atoms with E-state index in [1.807, 2.05) is 0 Å². The van der Waals surface area contributed by atoms with Gasteiger partial charge in [0.1, 0.15) is 23.1 Å². The molecule has 2 saturated heterocycles. The summed E-state index contributed by atoms with van der Waals surface area (Å²) in [6.07, 6.45) is -2.83.